The molecule has 0 bridgehead atoms. The summed E-state index contributed by atoms with van der Waals surface area (Å²) in [6.07, 6.45) is 1.18. The van der Waals surface area contributed by atoms with Crippen LogP contribution in [0.4, 0.5) is 4.39 Å². The van der Waals surface area contributed by atoms with Crippen molar-refractivity contribution in [3.05, 3.63) is 30.1 Å². The van der Waals surface area contributed by atoms with Gasteiger partial charge in [0.25, 0.3) is 0 Å². The van der Waals surface area contributed by atoms with Gasteiger partial charge in [-0.3, -0.25) is 4.90 Å². The van der Waals surface area contributed by atoms with Crippen molar-refractivity contribution in [2.75, 3.05) is 33.3 Å². The van der Waals surface area contributed by atoms with Gasteiger partial charge in [-0.05, 0) is 32.1 Å². The second kappa shape index (κ2) is 7.56. The molecular formula is C13H20ClFN2O. The number of nitrogens with one attached hydrogen (secondary N) is 1. The Morgan fingerprint density at radius 2 is 2.22 bits per heavy atom. The highest BCUT2D eigenvalue weighted by molar-refractivity contribution is 5.85. The molecule has 5 heteroatoms. The van der Waals surface area contributed by atoms with Gasteiger partial charge in [-0.1, -0.05) is 12.1 Å². The molecule has 1 aliphatic rings. The average molecular weight is 275 g/mol. The first-order valence-corrected chi connectivity index (χ1v) is 6.05. The van der Waals surface area contributed by atoms with Crippen molar-refractivity contribution in [1.82, 2.24) is 10.2 Å². The van der Waals surface area contributed by atoms with Crippen LogP contribution in [0.2, 0.25) is 0 Å². The Morgan fingerprint density at radius 3 is 2.89 bits per heavy atom. The zero-order chi connectivity index (χ0) is 12.1. The molecule has 1 fully saturated rings. The summed E-state index contributed by atoms with van der Waals surface area (Å²) in [5.41, 5.74) is 0. The Morgan fingerprint density at radius 1 is 1.44 bits per heavy atom. The maximum Gasteiger partial charge on any atom is 0.165 e. The normalized spacial score (nSPS) is 18.7. The van der Waals surface area contributed by atoms with E-state index in [0.717, 1.165) is 19.6 Å². The monoisotopic (exact) mass is 274 g/mol. The minimum absolute atomic E-state index is 0. The Hall–Kier alpha value is -0.840. The molecule has 1 aromatic rings. The van der Waals surface area contributed by atoms with Crippen molar-refractivity contribution in [3.8, 4) is 5.75 Å². The summed E-state index contributed by atoms with van der Waals surface area (Å²) in [5, 5.41) is 3.33. The van der Waals surface area contributed by atoms with E-state index in [1.54, 1.807) is 18.2 Å². The Kier molecular flexibility index (Phi) is 6.39. The molecular weight excluding hydrogens is 255 g/mol. The summed E-state index contributed by atoms with van der Waals surface area (Å²) in [5.74, 6) is 0.0446. The number of likely N-dealkylation sites (N-methyl/N-ethyl adjacent to an activating group) is 1. The summed E-state index contributed by atoms with van der Waals surface area (Å²) in [4.78, 5) is 2.26. The van der Waals surface area contributed by atoms with Crippen LogP contribution in [-0.4, -0.2) is 44.2 Å². The molecule has 1 N–H and O–H groups in total. The molecule has 18 heavy (non-hydrogen) atoms. The maximum absolute atomic E-state index is 13.3. The molecule has 1 unspecified atom stereocenters. The lowest BCUT2D eigenvalue weighted by Gasteiger charge is -2.23. The van der Waals surface area contributed by atoms with E-state index in [1.807, 2.05) is 0 Å². The lowest BCUT2D eigenvalue weighted by Crippen LogP contribution is -2.36. The van der Waals surface area contributed by atoms with Crippen LogP contribution in [0.1, 0.15) is 6.42 Å². The number of hydrogen-bond donors (Lipinski definition) is 1. The van der Waals surface area contributed by atoms with Crippen LogP contribution in [0.3, 0.4) is 0 Å². The standard InChI is InChI=1S/C13H19FN2O.ClH/c1-16(11-6-7-15-10-11)8-9-17-13-5-3-2-4-12(13)14;/h2-5,11,15H,6-10H2,1H3;1H. The number of rotatable bonds is 5. The second-order valence-corrected chi connectivity index (χ2v) is 4.41. The molecule has 0 saturated carbocycles. The molecule has 1 aromatic carbocycles. The van der Waals surface area contributed by atoms with Crippen molar-refractivity contribution >= 4 is 12.4 Å². The number of ether oxygens (including phenoxy) is 1. The van der Waals surface area contributed by atoms with E-state index in [1.165, 1.54) is 12.5 Å². The van der Waals surface area contributed by atoms with Crippen LogP contribution in [0, 0.1) is 5.82 Å². The molecule has 2 rings (SSSR count). The number of halogens is 2. The van der Waals surface area contributed by atoms with Crippen LogP contribution < -0.4 is 10.1 Å². The maximum atomic E-state index is 13.3. The summed E-state index contributed by atoms with van der Waals surface area (Å²) in [6, 6.07) is 7.10. The highest BCUT2D eigenvalue weighted by Gasteiger charge is 2.18. The van der Waals surface area contributed by atoms with Crippen LogP contribution in [0.25, 0.3) is 0 Å². The highest BCUT2D eigenvalue weighted by Crippen LogP contribution is 2.15. The molecule has 0 radical (unpaired) electrons. The van der Waals surface area contributed by atoms with Crippen molar-refractivity contribution < 1.29 is 9.13 Å². The Labute approximate surface area is 114 Å². The molecule has 1 heterocycles. The number of benzene rings is 1. The largest absolute Gasteiger partial charge is 0.489 e. The van der Waals surface area contributed by atoms with Crippen LogP contribution in [0.5, 0.6) is 5.75 Å². The fourth-order valence-electron chi connectivity index (χ4n) is 2.06. The molecule has 1 saturated heterocycles. The third kappa shape index (κ3) is 4.12. The summed E-state index contributed by atoms with van der Waals surface area (Å²) in [7, 11) is 2.09. The SMILES string of the molecule is CN(CCOc1ccccc1F)C1CCNC1.Cl. The molecule has 1 atom stereocenters. The quantitative estimate of drug-likeness (QED) is 0.888. The smallest absolute Gasteiger partial charge is 0.165 e. The van der Waals surface area contributed by atoms with Gasteiger partial charge in [-0.25, -0.2) is 4.39 Å². The fraction of sp³-hybridized carbons (Fsp3) is 0.538. The average Bonchev–Trinajstić information content (AvgIpc) is 2.85. The molecule has 0 aromatic heterocycles. The third-order valence-electron chi connectivity index (χ3n) is 3.20. The fourth-order valence-corrected chi connectivity index (χ4v) is 2.06. The van der Waals surface area contributed by atoms with Crippen molar-refractivity contribution in [1.29, 1.82) is 0 Å². The Bertz CT molecular complexity index is 359. The lowest BCUT2D eigenvalue weighted by atomic mass is 10.2. The molecule has 0 spiro atoms. The van der Waals surface area contributed by atoms with Gasteiger partial charge in [0.2, 0.25) is 0 Å². The van der Waals surface area contributed by atoms with E-state index in [-0.39, 0.29) is 18.2 Å². The number of hydrogen-bond acceptors (Lipinski definition) is 3. The summed E-state index contributed by atoms with van der Waals surface area (Å²) >= 11 is 0. The first-order valence-electron chi connectivity index (χ1n) is 6.05. The van der Waals surface area contributed by atoms with Crippen molar-refractivity contribution in [3.63, 3.8) is 0 Å². The van der Waals surface area contributed by atoms with E-state index in [0.29, 0.717) is 18.4 Å². The minimum Gasteiger partial charge on any atom is -0.489 e. The van der Waals surface area contributed by atoms with Crippen molar-refractivity contribution in [2.24, 2.45) is 0 Å². The van der Waals surface area contributed by atoms with E-state index < -0.39 is 0 Å². The molecule has 102 valence electrons. The van der Waals surface area contributed by atoms with Crippen LogP contribution in [-0.2, 0) is 0 Å². The predicted molar refractivity (Wildman–Crippen MR) is 73.0 cm³/mol. The van der Waals surface area contributed by atoms with Gasteiger partial charge in [-0.15, -0.1) is 12.4 Å². The molecule has 3 nitrogen and oxygen atoms in total. The second-order valence-electron chi connectivity index (χ2n) is 4.41. The Balaban J connectivity index is 0.00000162. The molecule has 0 aliphatic carbocycles. The van der Waals surface area contributed by atoms with Gasteiger partial charge in [0.1, 0.15) is 6.61 Å². The van der Waals surface area contributed by atoms with Gasteiger partial charge < -0.3 is 10.1 Å². The van der Waals surface area contributed by atoms with Gasteiger partial charge in [-0.2, -0.15) is 0 Å². The van der Waals surface area contributed by atoms with E-state index in [9.17, 15) is 4.39 Å². The highest BCUT2D eigenvalue weighted by atomic mass is 35.5. The molecule has 0 amide bonds. The zero-order valence-corrected chi connectivity index (χ0v) is 11.4. The zero-order valence-electron chi connectivity index (χ0n) is 10.6. The van der Waals surface area contributed by atoms with Gasteiger partial charge in [0.05, 0.1) is 0 Å². The van der Waals surface area contributed by atoms with Crippen LogP contribution >= 0.6 is 12.4 Å². The topological polar surface area (TPSA) is 24.5 Å². The third-order valence-corrected chi connectivity index (χ3v) is 3.20. The summed E-state index contributed by atoms with van der Waals surface area (Å²) < 4.78 is 18.7. The minimum atomic E-state index is -0.294. The van der Waals surface area contributed by atoms with E-state index in [2.05, 4.69) is 17.3 Å². The lowest BCUT2D eigenvalue weighted by molar-refractivity contribution is 0.195. The van der Waals surface area contributed by atoms with Crippen molar-refractivity contribution in [2.45, 2.75) is 12.5 Å². The first-order chi connectivity index (χ1) is 8.27. The van der Waals surface area contributed by atoms with Gasteiger partial charge in [0, 0.05) is 19.1 Å². The predicted octanol–water partition coefficient (Wildman–Crippen LogP) is 1.92. The van der Waals surface area contributed by atoms with E-state index >= 15 is 0 Å². The van der Waals surface area contributed by atoms with E-state index in [4.69, 9.17) is 4.74 Å². The van der Waals surface area contributed by atoms with Crippen LogP contribution in [0.15, 0.2) is 24.3 Å². The van der Waals surface area contributed by atoms with Gasteiger partial charge >= 0.3 is 0 Å². The van der Waals surface area contributed by atoms with Gasteiger partial charge in [0.15, 0.2) is 11.6 Å². The summed E-state index contributed by atoms with van der Waals surface area (Å²) in [6.45, 7) is 3.47. The number of nitrogens with zero attached hydrogens (tertiary/aromatic N) is 1. The molecule has 1 aliphatic heterocycles. The number of para-hydroxylation sites is 1. The first kappa shape index (κ1) is 15.2.